The van der Waals surface area contributed by atoms with Gasteiger partial charge in [0, 0.05) is 36.0 Å². The number of hydrogen-bond acceptors (Lipinski definition) is 7. The van der Waals surface area contributed by atoms with Gasteiger partial charge in [0.05, 0.1) is 18.2 Å². The molecule has 2 N–H and O–H groups in total. The molecular formula is C25H21N3O5. The van der Waals surface area contributed by atoms with Crippen molar-refractivity contribution in [1.29, 1.82) is 0 Å². The Bertz CT molecular complexity index is 1320. The summed E-state index contributed by atoms with van der Waals surface area (Å²) in [6.07, 6.45) is 3.08. The number of methoxy groups -OCH3 is 2. The van der Waals surface area contributed by atoms with Gasteiger partial charge in [0.25, 0.3) is 5.91 Å². The summed E-state index contributed by atoms with van der Waals surface area (Å²) in [5.41, 5.74) is 6.03. The average molecular weight is 443 g/mol. The predicted molar refractivity (Wildman–Crippen MR) is 122 cm³/mol. The van der Waals surface area contributed by atoms with Crippen LogP contribution in [-0.2, 0) is 4.74 Å². The lowest BCUT2D eigenvalue weighted by molar-refractivity contribution is 0.0705. The number of carbonyl (C=O) groups is 2. The topological polar surface area (TPSA) is 111 Å². The fraction of sp³-hybridized carbons (Fsp3) is 0.120. The largest absolute Gasteiger partial charge is 0.494 e. The SMILES string of the molecule is COCC(=O)c1ccc(-c2ccc(-c3nc4ccncc4c(C(=O)NO)c3OC)cc2)cc1. The van der Waals surface area contributed by atoms with E-state index < -0.39 is 5.91 Å². The lowest BCUT2D eigenvalue weighted by Crippen LogP contribution is -2.20. The Labute approximate surface area is 189 Å². The van der Waals surface area contributed by atoms with Crippen LogP contribution in [0.3, 0.4) is 0 Å². The van der Waals surface area contributed by atoms with Crippen molar-refractivity contribution in [3.63, 3.8) is 0 Å². The van der Waals surface area contributed by atoms with Gasteiger partial charge in [0.15, 0.2) is 11.5 Å². The highest BCUT2D eigenvalue weighted by Gasteiger charge is 2.22. The zero-order valence-corrected chi connectivity index (χ0v) is 18.0. The van der Waals surface area contributed by atoms with Crippen LogP contribution in [0.4, 0.5) is 0 Å². The third-order valence-electron chi connectivity index (χ3n) is 5.25. The van der Waals surface area contributed by atoms with Crippen LogP contribution >= 0.6 is 0 Å². The van der Waals surface area contributed by atoms with Gasteiger partial charge in [0.1, 0.15) is 12.3 Å². The van der Waals surface area contributed by atoms with E-state index in [1.807, 2.05) is 36.4 Å². The van der Waals surface area contributed by atoms with E-state index in [1.54, 1.807) is 29.9 Å². The van der Waals surface area contributed by atoms with E-state index in [0.717, 1.165) is 16.7 Å². The molecule has 0 fully saturated rings. The standard InChI is InChI=1S/C25H21N3O5/c1-32-14-21(29)17-7-3-15(4-8-17)16-5-9-18(10-6-16)23-24(33-2)22(25(30)28-31)19-13-26-12-11-20(19)27-23/h3-13,31H,14H2,1-2H3,(H,28,30). The first-order valence-electron chi connectivity index (χ1n) is 10.1. The van der Waals surface area contributed by atoms with Gasteiger partial charge < -0.3 is 9.47 Å². The highest BCUT2D eigenvalue weighted by Crippen LogP contribution is 2.36. The van der Waals surface area contributed by atoms with Crippen molar-refractivity contribution < 1.29 is 24.3 Å². The van der Waals surface area contributed by atoms with E-state index in [1.165, 1.54) is 20.4 Å². The molecule has 33 heavy (non-hydrogen) atoms. The molecule has 0 unspecified atom stereocenters. The number of Topliss-reactive ketones (excluding diaryl/α,β-unsaturated/α-hetero) is 1. The first-order chi connectivity index (χ1) is 16.1. The first-order valence-corrected chi connectivity index (χ1v) is 10.1. The molecule has 0 bridgehead atoms. The minimum absolute atomic E-state index is 0.0426. The third-order valence-corrected chi connectivity index (χ3v) is 5.25. The smallest absolute Gasteiger partial charge is 0.279 e. The minimum Gasteiger partial charge on any atom is -0.494 e. The Balaban J connectivity index is 1.74. The lowest BCUT2D eigenvalue weighted by atomic mass is 9.99. The quantitative estimate of drug-likeness (QED) is 0.253. The van der Waals surface area contributed by atoms with E-state index in [-0.39, 0.29) is 23.7 Å². The highest BCUT2D eigenvalue weighted by molar-refractivity contribution is 6.09. The van der Waals surface area contributed by atoms with Crippen LogP contribution < -0.4 is 10.2 Å². The van der Waals surface area contributed by atoms with E-state index in [2.05, 4.69) is 9.97 Å². The van der Waals surface area contributed by atoms with Crippen molar-refractivity contribution in [3.8, 4) is 28.1 Å². The van der Waals surface area contributed by atoms with Gasteiger partial charge >= 0.3 is 0 Å². The normalized spacial score (nSPS) is 10.8. The number of pyridine rings is 2. The predicted octanol–water partition coefficient (Wildman–Crippen LogP) is 3.92. The molecule has 2 aromatic carbocycles. The maximum absolute atomic E-state index is 12.4. The van der Waals surface area contributed by atoms with Crippen molar-refractivity contribution in [1.82, 2.24) is 15.4 Å². The number of nitrogens with one attached hydrogen (secondary N) is 1. The molecule has 166 valence electrons. The van der Waals surface area contributed by atoms with Crippen LogP contribution in [0.5, 0.6) is 5.75 Å². The molecule has 0 aliphatic carbocycles. The molecule has 2 heterocycles. The van der Waals surface area contributed by atoms with E-state index in [9.17, 15) is 14.8 Å². The summed E-state index contributed by atoms with van der Waals surface area (Å²) in [4.78, 5) is 33.1. The Kier molecular flexibility index (Phi) is 6.39. The average Bonchev–Trinajstić information content (AvgIpc) is 2.87. The number of fused-ring (bicyclic) bond motifs is 1. The second-order valence-corrected chi connectivity index (χ2v) is 7.21. The second kappa shape index (κ2) is 9.56. The number of aromatic nitrogens is 2. The summed E-state index contributed by atoms with van der Waals surface area (Å²) in [6, 6.07) is 16.6. The molecule has 0 aliphatic heterocycles. The summed E-state index contributed by atoms with van der Waals surface area (Å²) in [5, 5.41) is 9.71. The molecule has 0 saturated heterocycles. The van der Waals surface area contributed by atoms with Gasteiger partial charge in [-0.1, -0.05) is 48.5 Å². The summed E-state index contributed by atoms with van der Waals surface area (Å²) >= 11 is 0. The van der Waals surface area contributed by atoms with Crippen molar-refractivity contribution in [2.24, 2.45) is 0 Å². The maximum Gasteiger partial charge on any atom is 0.279 e. The van der Waals surface area contributed by atoms with Crippen LogP contribution in [0.25, 0.3) is 33.3 Å². The molecule has 4 aromatic rings. The molecule has 0 radical (unpaired) electrons. The van der Waals surface area contributed by atoms with Crippen LogP contribution in [0.15, 0.2) is 67.0 Å². The molecule has 0 spiro atoms. The lowest BCUT2D eigenvalue weighted by Gasteiger charge is -2.15. The molecular weight excluding hydrogens is 422 g/mol. The van der Waals surface area contributed by atoms with Crippen molar-refractivity contribution in [2.75, 3.05) is 20.8 Å². The number of ether oxygens (including phenoxy) is 2. The summed E-state index contributed by atoms with van der Waals surface area (Å²) in [5.74, 6) is -0.559. The van der Waals surface area contributed by atoms with Gasteiger partial charge in [-0.25, -0.2) is 10.5 Å². The number of benzene rings is 2. The Morgan fingerprint density at radius 1 is 0.939 bits per heavy atom. The molecule has 0 aliphatic rings. The molecule has 0 saturated carbocycles. The fourth-order valence-corrected chi connectivity index (χ4v) is 3.65. The summed E-state index contributed by atoms with van der Waals surface area (Å²) in [7, 11) is 2.93. The fourth-order valence-electron chi connectivity index (χ4n) is 3.65. The van der Waals surface area contributed by atoms with Gasteiger partial charge in [-0.15, -0.1) is 0 Å². The van der Waals surface area contributed by atoms with Gasteiger partial charge in [0.2, 0.25) is 0 Å². The zero-order chi connectivity index (χ0) is 23.4. The van der Waals surface area contributed by atoms with E-state index in [4.69, 9.17) is 9.47 Å². The van der Waals surface area contributed by atoms with Gasteiger partial charge in [-0.05, 0) is 17.2 Å². The molecule has 2 aromatic heterocycles. The van der Waals surface area contributed by atoms with Gasteiger partial charge in [-0.2, -0.15) is 0 Å². The number of rotatable bonds is 7. The van der Waals surface area contributed by atoms with Crippen molar-refractivity contribution in [3.05, 3.63) is 78.1 Å². The van der Waals surface area contributed by atoms with E-state index >= 15 is 0 Å². The number of hydrogen-bond donors (Lipinski definition) is 2. The number of nitrogens with zero attached hydrogens (tertiary/aromatic N) is 2. The Hall–Kier alpha value is -4.14. The first kappa shape index (κ1) is 22.1. The van der Waals surface area contributed by atoms with Crippen LogP contribution in [0, 0.1) is 0 Å². The highest BCUT2D eigenvalue weighted by atomic mass is 16.5. The molecule has 1 amide bonds. The summed E-state index contributed by atoms with van der Waals surface area (Å²) in [6.45, 7) is 0.0426. The van der Waals surface area contributed by atoms with Crippen molar-refractivity contribution in [2.45, 2.75) is 0 Å². The second-order valence-electron chi connectivity index (χ2n) is 7.21. The number of carbonyl (C=O) groups excluding carboxylic acids is 2. The molecule has 8 nitrogen and oxygen atoms in total. The van der Waals surface area contributed by atoms with Crippen LogP contribution in [0.1, 0.15) is 20.7 Å². The molecule has 0 atom stereocenters. The number of hydroxylamine groups is 1. The third kappa shape index (κ3) is 4.30. The van der Waals surface area contributed by atoms with Gasteiger partial charge in [-0.3, -0.25) is 19.8 Å². The molecule has 8 heteroatoms. The maximum atomic E-state index is 12.4. The van der Waals surface area contributed by atoms with E-state index in [0.29, 0.717) is 22.2 Å². The summed E-state index contributed by atoms with van der Waals surface area (Å²) < 4.78 is 10.4. The Morgan fingerprint density at radius 2 is 1.58 bits per heavy atom. The monoisotopic (exact) mass is 443 g/mol. The minimum atomic E-state index is -0.715. The van der Waals surface area contributed by atoms with Crippen LogP contribution in [-0.4, -0.2) is 47.7 Å². The van der Waals surface area contributed by atoms with Crippen molar-refractivity contribution >= 4 is 22.6 Å². The Morgan fingerprint density at radius 3 is 2.18 bits per heavy atom. The number of amides is 1. The number of ketones is 1. The zero-order valence-electron chi connectivity index (χ0n) is 18.0. The molecule has 4 rings (SSSR count). The van der Waals surface area contributed by atoms with Crippen LogP contribution in [0.2, 0.25) is 0 Å².